The summed E-state index contributed by atoms with van der Waals surface area (Å²) in [6, 6.07) is 0. The number of amides is 1. The fourth-order valence-electron chi connectivity index (χ4n) is 0. The summed E-state index contributed by atoms with van der Waals surface area (Å²) >= 11 is 0. The van der Waals surface area contributed by atoms with Gasteiger partial charge < -0.3 is 5.23 Å². The maximum Gasteiger partial charge on any atom is 0.226 e. The van der Waals surface area contributed by atoms with Crippen LogP contribution in [0.5, 0.6) is 0 Å². The fraction of sp³-hybridized carbons (Fsp3) is 0.500. The van der Waals surface area contributed by atoms with Crippen molar-refractivity contribution in [1.29, 1.82) is 0 Å². The molecule has 0 unspecified atom stereocenters. The number of hydrogen-bond acceptors (Lipinski definition) is 1. The molecule has 0 bridgehead atoms. The summed E-state index contributed by atoms with van der Waals surface area (Å²) < 4.78 is 0. The molecule has 0 aromatic heterocycles. The monoisotopic (exact) mass is 69.0 g/mol. The zero-order valence-corrected chi connectivity index (χ0v) is 2.99. The van der Waals surface area contributed by atoms with Crippen molar-refractivity contribution in [2.75, 3.05) is 0 Å². The van der Waals surface area contributed by atoms with Crippen molar-refractivity contribution in [3.63, 3.8) is 0 Å². The molecule has 26 valence electrons. The Kier molecular flexibility index (Phi) is 1.65. The summed E-state index contributed by atoms with van der Waals surface area (Å²) in [7, 11) is 4.57. The average molecular weight is 68.9 g/mol. The molecule has 0 aliphatic carbocycles. The highest BCUT2D eigenvalue weighted by molar-refractivity contribution is 6.13. The number of carbonyl (C=O) groups is 1. The average Bonchev–Trinajstić information content (AvgIpc) is 1.38. The highest BCUT2D eigenvalue weighted by Crippen LogP contribution is 1.44. The zero-order valence-electron chi connectivity index (χ0n) is 2.99. The van der Waals surface area contributed by atoms with Gasteiger partial charge >= 0.3 is 0 Å². The van der Waals surface area contributed by atoms with Gasteiger partial charge in [0.25, 0.3) is 0 Å². The van der Waals surface area contributed by atoms with Crippen LogP contribution in [0.4, 0.5) is 0 Å². The Bertz CT molecular complexity index is 44.9. The van der Waals surface area contributed by atoms with Gasteiger partial charge in [-0.2, -0.15) is 0 Å². The van der Waals surface area contributed by atoms with E-state index in [2.05, 4.69) is 7.98 Å². The Morgan fingerprint density at radius 1 is 2.00 bits per heavy atom. The van der Waals surface area contributed by atoms with Crippen molar-refractivity contribution in [2.24, 2.45) is 0 Å². The highest BCUT2D eigenvalue weighted by atomic mass is 16.1. The van der Waals surface area contributed by atoms with Gasteiger partial charge in [0.2, 0.25) is 13.9 Å². The second-order valence-corrected chi connectivity index (χ2v) is 0.701. The fourth-order valence-corrected chi connectivity index (χ4v) is 0. The Morgan fingerprint density at radius 3 is 2.20 bits per heavy atom. The molecule has 5 heavy (non-hydrogen) atoms. The summed E-state index contributed by atoms with van der Waals surface area (Å²) in [5, 5.41) is 1.89. The summed E-state index contributed by atoms with van der Waals surface area (Å²) in [6.07, 6.45) is 0. The normalized spacial score (nSPS) is 6.60. The predicted molar refractivity (Wildman–Crippen MR) is 19.6 cm³/mol. The van der Waals surface area contributed by atoms with Crippen LogP contribution in [0, 0.1) is 0 Å². The maximum atomic E-state index is 9.58. The van der Waals surface area contributed by atoms with Crippen molar-refractivity contribution in [1.82, 2.24) is 5.23 Å². The molecular weight excluding hydrogens is 64.8 g/mol. The van der Waals surface area contributed by atoms with Crippen LogP contribution in [0.1, 0.15) is 6.92 Å². The van der Waals surface area contributed by atoms with Crippen LogP contribution >= 0.6 is 0 Å². The van der Waals surface area contributed by atoms with Crippen molar-refractivity contribution in [2.45, 2.75) is 6.92 Å². The molecule has 1 amide bonds. The Balaban J connectivity index is 2.85. The lowest BCUT2D eigenvalue weighted by molar-refractivity contribution is -0.117. The smallest absolute Gasteiger partial charge is 0.226 e. The Hall–Kier alpha value is -0.465. The molecule has 0 spiro atoms. The lowest BCUT2D eigenvalue weighted by Crippen LogP contribution is -2.14. The van der Waals surface area contributed by atoms with Crippen LogP contribution < -0.4 is 5.23 Å². The van der Waals surface area contributed by atoms with Crippen LogP contribution in [0.15, 0.2) is 0 Å². The topological polar surface area (TPSA) is 29.1 Å². The van der Waals surface area contributed by atoms with E-state index in [1.807, 2.05) is 5.23 Å². The van der Waals surface area contributed by atoms with Crippen LogP contribution in [-0.4, -0.2) is 13.9 Å². The lowest BCUT2D eigenvalue weighted by Gasteiger charge is -1.80. The molecule has 0 atom stereocenters. The van der Waals surface area contributed by atoms with Gasteiger partial charge in [0, 0.05) is 6.92 Å². The van der Waals surface area contributed by atoms with E-state index in [1.165, 1.54) is 6.92 Å². The number of rotatable bonds is 0. The minimum Gasteiger partial charge on any atom is -0.409 e. The first-order chi connectivity index (χ1) is 2.27. The second-order valence-electron chi connectivity index (χ2n) is 0.701. The van der Waals surface area contributed by atoms with Crippen LogP contribution in [0.2, 0.25) is 0 Å². The first-order valence-electron chi connectivity index (χ1n) is 1.24. The van der Waals surface area contributed by atoms with E-state index >= 15 is 0 Å². The van der Waals surface area contributed by atoms with Crippen LogP contribution in [-0.2, 0) is 4.79 Å². The van der Waals surface area contributed by atoms with E-state index in [9.17, 15) is 4.79 Å². The van der Waals surface area contributed by atoms with E-state index in [4.69, 9.17) is 0 Å². The second kappa shape index (κ2) is 1.82. The van der Waals surface area contributed by atoms with Gasteiger partial charge in [-0.1, -0.05) is 0 Å². The Morgan fingerprint density at radius 2 is 2.20 bits per heavy atom. The van der Waals surface area contributed by atoms with Gasteiger partial charge in [0.05, 0.1) is 0 Å². The molecule has 1 N–H and O–H groups in total. The molecule has 0 heterocycles. The first kappa shape index (κ1) is 4.53. The summed E-state index contributed by atoms with van der Waals surface area (Å²) in [4.78, 5) is 9.58. The molecule has 0 rings (SSSR count). The van der Waals surface area contributed by atoms with Crippen LogP contribution in [0.25, 0.3) is 0 Å². The number of hydrogen-bond donors (Lipinski definition) is 1. The van der Waals surface area contributed by atoms with E-state index in [1.54, 1.807) is 0 Å². The molecule has 0 aromatic carbocycles. The molecule has 0 fully saturated rings. The number of nitrogens with one attached hydrogen (secondary N) is 1. The van der Waals surface area contributed by atoms with Crippen molar-refractivity contribution >= 4 is 13.9 Å². The standard InChI is InChI=1S/C2H4BNO/c1-2(5)4-3/h1H3,(H,4,5). The van der Waals surface area contributed by atoms with Gasteiger partial charge in [0.1, 0.15) is 0 Å². The molecule has 2 radical (unpaired) electrons. The minimum atomic E-state index is -0.218. The summed E-state index contributed by atoms with van der Waals surface area (Å²) in [6.45, 7) is 1.35. The predicted octanol–water partition coefficient (Wildman–Crippen LogP) is -0.794. The summed E-state index contributed by atoms with van der Waals surface area (Å²) in [5.41, 5.74) is 0. The molecule has 0 saturated heterocycles. The van der Waals surface area contributed by atoms with Gasteiger partial charge in [-0.25, -0.2) is 0 Å². The van der Waals surface area contributed by atoms with E-state index in [0.29, 0.717) is 0 Å². The summed E-state index contributed by atoms with van der Waals surface area (Å²) in [5.74, 6) is -0.218. The SMILES string of the molecule is [B]NC(C)=O. The molecule has 3 heteroatoms. The molecule has 0 aromatic rings. The Labute approximate surface area is 32.0 Å². The van der Waals surface area contributed by atoms with Crippen molar-refractivity contribution in [3.8, 4) is 0 Å². The molecule has 0 aliphatic rings. The van der Waals surface area contributed by atoms with E-state index < -0.39 is 0 Å². The van der Waals surface area contributed by atoms with Gasteiger partial charge in [-0.3, -0.25) is 4.79 Å². The lowest BCUT2D eigenvalue weighted by atomic mass is 10.4. The van der Waals surface area contributed by atoms with Crippen molar-refractivity contribution < 1.29 is 4.79 Å². The van der Waals surface area contributed by atoms with E-state index in [0.717, 1.165) is 0 Å². The third kappa shape index (κ3) is 3.53. The van der Waals surface area contributed by atoms with Crippen molar-refractivity contribution in [3.05, 3.63) is 0 Å². The van der Waals surface area contributed by atoms with Gasteiger partial charge in [-0.05, 0) is 0 Å². The largest absolute Gasteiger partial charge is 0.409 e. The first-order valence-corrected chi connectivity index (χ1v) is 1.24. The quantitative estimate of drug-likeness (QED) is 0.371. The minimum absolute atomic E-state index is 0.218. The molecular formula is C2H4BNO. The third-order valence-corrected chi connectivity index (χ3v) is 0.203. The van der Waals surface area contributed by atoms with E-state index in [-0.39, 0.29) is 5.91 Å². The molecule has 2 nitrogen and oxygen atoms in total. The molecule has 0 saturated carbocycles. The van der Waals surface area contributed by atoms with Gasteiger partial charge in [0.15, 0.2) is 0 Å². The maximum absolute atomic E-state index is 9.58. The zero-order chi connectivity index (χ0) is 4.28. The molecule has 0 aliphatic heterocycles. The van der Waals surface area contributed by atoms with Crippen LogP contribution in [0.3, 0.4) is 0 Å². The third-order valence-electron chi connectivity index (χ3n) is 0.203. The highest BCUT2D eigenvalue weighted by Gasteiger charge is 1.72. The van der Waals surface area contributed by atoms with Gasteiger partial charge in [-0.15, -0.1) is 0 Å². The number of carbonyl (C=O) groups excluding carboxylic acids is 1.